The Hall–Kier alpha value is -1.33. The molecule has 3 N–H and O–H groups in total. The van der Waals surface area contributed by atoms with E-state index in [4.69, 9.17) is 0 Å². The Morgan fingerprint density at radius 3 is 2.58 bits per heavy atom. The summed E-state index contributed by atoms with van der Waals surface area (Å²) in [5.41, 5.74) is 2.68. The predicted octanol–water partition coefficient (Wildman–Crippen LogP) is 3.64. The number of aliphatic hydroxyl groups excluding tert-OH is 2. The van der Waals surface area contributed by atoms with E-state index in [0.717, 1.165) is 40.4 Å². The molecule has 0 bridgehead atoms. The van der Waals surface area contributed by atoms with E-state index in [1.807, 2.05) is 19.1 Å². The first-order valence-corrected chi connectivity index (χ1v) is 9.37. The van der Waals surface area contributed by atoms with Crippen LogP contribution in [0.1, 0.15) is 49.3 Å². The van der Waals surface area contributed by atoms with E-state index in [-0.39, 0.29) is 24.2 Å². The second-order valence-corrected chi connectivity index (χ2v) is 7.91. The molecule has 0 unspecified atom stereocenters. The molecule has 4 nitrogen and oxygen atoms in total. The van der Waals surface area contributed by atoms with Gasteiger partial charge in [-0.15, -0.1) is 0 Å². The van der Waals surface area contributed by atoms with Crippen LogP contribution in [-0.4, -0.2) is 28.3 Å². The van der Waals surface area contributed by atoms with Gasteiger partial charge in [-0.25, -0.2) is 0 Å². The van der Waals surface area contributed by atoms with Crippen molar-refractivity contribution in [1.82, 2.24) is 5.32 Å². The average Bonchev–Trinajstić information content (AvgIpc) is 2.79. The summed E-state index contributed by atoms with van der Waals surface area (Å²) < 4.78 is 0.984. The van der Waals surface area contributed by atoms with Crippen molar-refractivity contribution in [3.63, 3.8) is 0 Å². The quantitative estimate of drug-likeness (QED) is 0.733. The summed E-state index contributed by atoms with van der Waals surface area (Å²) in [5, 5.41) is 23.4. The smallest absolute Gasteiger partial charge is 0.256 e. The van der Waals surface area contributed by atoms with Gasteiger partial charge >= 0.3 is 0 Å². The van der Waals surface area contributed by atoms with Gasteiger partial charge in [0, 0.05) is 11.1 Å². The highest BCUT2D eigenvalue weighted by molar-refractivity contribution is 9.10. The zero-order valence-electron chi connectivity index (χ0n) is 14.2. The first-order valence-electron chi connectivity index (χ1n) is 8.58. The molecule has 130 valence electrons. The van der Waals surface area contributed by atoms with Gasteiger partial charge in [-0.2, -0.15) is 0 Å². The molecular weight excluding hydrogens is 370 g/mol. The maximum atomic E-state index is 12.7. The number of amides is 1. The van der Waals surface area contributed by atoms with E-state index in [1.165, 1.54) is 0 Å². The molecule has 1 aliphatic carbocycles. The summed E-state index contributed by atoms with van der Waals surface area (Å²) >= 11 is 3.51. The van der Waals surface area contributed by atoms with E-state index in [1.54, 1.807) is 0 Å². The molecule has 5 heteroatoms. The van der Waals surface area contributed by atoms with Crippen LogP contribution < -0.4 is 5.32 Å². The topological polar surface area (TPSA) is 69.6 Å². The minimum Gasteiger partial charge on any atom is -0.509 e. The van der Waals surface area contributed by atoms with Crippen molar-refractivity contribution in [1.29, 1.82) is 0 Å². The monoisotopic (exact) mass is 393 g/mol. The Morgan fingerprint density at radius 1 is 1.33 bits per heavy atom. The summed E-state index contributed by atoms with van der Waals surface area (Å²) in [6, 6.07) is 4.00. The van der Waals surface area contributed by atoms with E-state index in [2.05, 4.69) is 28.2 Å². The zero-order chi connectivity index (χ0) is 17.5. The minimum atomic E-state index is -0.650. The molecule has 0 atom stereocenters. The summed E-state index contributed by atoms with van der Waals surface area (Å²) in [7, 11) is 0. The molecule has 1 aliphatic heterocycles. The highest BCUT2D eigenvalue weighted by Gasteiger charge is 2.48. The van der Waals surface area contributed by atoms with Crippen LogP contribution in [0.3, 0.4) is 0 Å². The van der Waals surface area contributed by atoms with Crippen LogP contribution in [-0.2, 0) is 11.2 Å². The van der Waals surface area contributed by atoms with E-state index in [9.17, 15) is 15.0 Å². The van der Waals surface area contributed by atoms with Gasteiger partial charge in [0.2, 0.25) is 0 Å². The number of hydrogen-bond donors (Lipinski definition) is 3. The van der Waals surface area contributed by atoms with Crippen molar-refractivity contribution in [2.24, 2.45) is 5.92 Å². The number of benzene rings is 1. The molecule has 1 amide bonds. The number of aliphatic hydroxyl groups is 2. The van der Waals surface area contributed by atoms with Gasteiger partial charge in [0.1, 0.15) is 5.76 Å². The van der Waals surface area contributed by atoms with Crippen molar-refractivity contribution in [2.45, 2.75) is 51.5 Å². The van der Waals surface area contributed by atoms with Crippen LogP contribution >= 0.6 is 15.9 Å². The number of carbonyl (C=O) groups is 1. The molecule has 24 heavy (non-hydrogen) atoms. The lowest BCUT2D eigenvalue weighted by Gasteiger charge is -2.36. The molecule has 0 aromatic heterocycles. The number of aryl methyl sites for hydroxylation is 2. The summed E-state index contributed by atoms with van der Waals surface area (Å²) in [4.78, 5) is 12.7. The fourth-order valence-electron chi connectivity index (χ4n) is 4.08. The Labute approximate surface area is 151 Å². The molecule has 1 aromatic carbocycles. The Bertz CT molecular complexity index is 703. The lowest BCUT2D eigenvalue weighted by molar-refractivity contribution is -0.116. The van der Waals surface area contributed by atoms with Crippen LogP contribution in [0.5, 0.6) is 0 Å². The van der Waals surface area contributed by atoms with E-state index >= 15 is 0 Å². The van der Waals surface area contributed by atoms with Gasteiger partial charge in [-0.1, -0.05) is 22.9 Å². The average molecular weight is 394 g/mol. The number of nitrogens with one attached hydrogen (secondary N) is 1. The third kappa shape index (κ3) is 2.78. The van der Waals surface area contributed by atoms with E-state index in [0.29, 0.717) is 18.4 Å². The molecule has 1 heterocycles. The first-order chi connectivity index (χ1) is 11.4. The Morgan fingerprint density at radius 2 is 2.00 bits per heavy atom. The van der Waals surface area contributed by atoms with Gasteiger partial charge in [-0.3, -0.25) is 4.79 Å². The predicted molar refractivity (Wildman–Crippen MR) is 97.7 cm³/mol. The molecule has 1 spiro atoms. The second-order valence-electron chi connectivity index (χ2n) is 7.00. The zero-order valence-corrected chi connectivity index (χ0v) is 15.7. The van der Waals surface area contributed by atoms with Crippen LogP contribution in [0.15, 0.2) is 22.4 Å². The second kappa shape index (κ2) is 6.52. The lowest BCUT2D eigenvalue weighted by Crippen LogP contribution is -2.47. The maximum Gasteiger partial charge on any atom is 0.256 e. The van der Waals surface area contributed by atoms with Crippen molar-refractivity contribution in [2.75, 3.05) is 6.61 Å². The third-order valence-corrected chi connectivity index (χ3v) is 5.96. The fraction of sp³-hybridized carbons (Fsp3) is 0.526. The molecule has 2 aliphatic rings. The molecule has 1 saturated carbocycles. The summed E-state index contributed by atoms with van der Waals surface area (Å²) in [6.07, 6.45) is 3.77. The third-order valence-electron chi connectivity index (χ3n) is 5.50. The highest BCUT2D eigenvalue weighted by Crippen LogP contribution is 2.44. The molecule has 1 fully saturated rings. The minimum absolute atomic E-state index is 0.174. The number of carbonyl (C=O) groups excluding carboxylic acids is 1. The van der Waals surface area contributed by atoms with Crippen LogP contribution in [0.2, 0.25) is 0 Å². The van der Waals surface area contributed by atoms with Crippen molar-refractivity contribution >= 4 is 27.4 Å². The molecular formula is C19H24BrNO3. The van der Waals surface area contributed by atoms with Gasteiger partial charge in [0.25, 0.3) is 5.91 Å². The number of hydrogen-bond acceptors (Lipinski definition) is 3. The van der Waals surface area contributed by atoms with Crippen LogP contribution in [0, 0.1) is 12.8 Å². The largest absolute Gasteiger partial charge is 0.509 e. The van der Waals surface area contributed by atoms with E-state index < -0.39 is 5.54 Å². The Kier molecular flexibility index (Phi) is 4.76. The lowest BCUT2D eigenvalue weighted by atomic mass is 9.75. The van der Waals surface area contributed by atoms with Gasteiger partial charge in [0.05, 0.1) is 11.1 Å². The molecule has 0 saturated heterocycles. The summed E-state index contributed by atoms with van der Waals surface area (Å²) in [6.45, 7) is 4.20. The first kappa shape index (κ1) is 17.5. The van der Waals surface area contributed by atoms with Gasteiger partial charge in [-0.05, 0) is 73.8 Å². The van der Waals surface area contributed by atoms with Crippen LogP contribution in [0.25, 0.3) is 5.57 Å². The maximum absolute atomic E-state index is 12.7. The highest BCUT2D eigenvalue weighted by atomic mass is 79.9. The fourth-order valence-corrected chi connectivity index (χ4v) is 4.70. The van der Waals surface area contributed by atoms with Gasteiger partial charge in [0.15, 0.2) is 0 Å². The molecule has 1 aromatic rings. The Balaban J connectivity index is 2.07. The molecule has 3 rings (SSSR count). The molecule has 0 radical (unpaired) electrons. The number of halogens is 1. The van der Waals surface area contributed by atoms with Crippen LogP contribution in [0.4, 0.5) is 0 Å². The van der Waals surface area contributed by atoms with Crippen molar-refractivity contribution in [3.05, 3.63) is 39.1 Å². The van der Waals surface area contributed by atoms with Gasteiger partial charge < -0.3 is 15.5 Å². The number of rotatable bonds is 3. The SMILES string of the molecule is CCc1cc(Br)cc(C)c1C1=C(O)[C@]2(CC[C@H](CO)CC2)NC1=O. The van der Waals surface area contributed by atoms with Crippen molar-refractivity contribution in [3.8, 4) is 0 Å². The normalized spacial score (nSPS) is 27.0. The summed E-state index contributed by atoms with van der Waals surface area (Å²) in [5.74, 6) is 0.268. The standard InChI is InChI=1S/C19H24BrNO3/c1-3-13-9-14(20)8-11(2)15(13)16-17(23)19(21-18(16)24)6-4-12(10-22)5-7-19/h8-9,12,22-23H,3-7,10H2,1-2H3,(H,21,24)/t12-,19+. The van der Waals surface area contributed by atoms with Crippen molar-refractivity contribution < 1.29 is 15.0 Å².